The van der Waals surface area contributed by atoms with Crippen molar-refractivity contribution < 1.29 is 4.84 Å². The average Bonchev–Trinajstić information content (AvgIpc) is 2.80. The van der Waals surface area contributed by atoms with Crippen LogP contribution in [0.3, 0.4) is 0 Å². The minimum Gasteiger partial charge on any atom is -0.389 e. The van der Waals surface area contributed by atoms with Crippen LogP contribution in [0.25, 0.3) is 0 Å². The molecule has 0 N–H and O–H groups in total. The molecular formula is C17H25NO. The Bertz CT molecular complexity index is 450. The second-order valence-electron chi connectivity index (χ2n) is 6.38. The van der Waals surface area contributed by atoms with E-state index in [1.54, 1.807) is 0 Å². The molecule has 1 aliphatic rings. The van der Waals surface area contributed by atoms with Gasteiger partial charge in [0, 0.05) is 6.42 Å². The molecule has 0 radical (unpaired) electrons. The molecule has 1 aromatic rings. The predicted molar refractivity (Wildman–Crippen MR) is 80.5 cm³/mol. The molecule has 2 nitrogen and oxygen atoms in total. The molecule has 2 rings (SSSR count). The third kappa shape index (κ3) is 3.17. The Hall–Kier alpha value is -1.31. The van der Waals surface area contributed by atoms with E-state index in [-0.39, 0.29) is 11.0 Å². The summed E-state index contributed by atoms with van der Waals surface area (Å²) in [6.07, 6.45) is 4.19. The maximum absolute atomic E-state index is 5.72. The van der Waals surface area contributed by atoms with Crippen LogP contribution >= 0.6 is 0 Å². The molecule has 1 aliphatic heterocycles. The van der Waals surface area contributed by atoms with Gasteiger partial charge in [-0.25, -0.2) is 0 Å². The molecule has 0 aliphatic carbocycles. The first-order valence-corrected chi connectivity index (χ1v) is 7.25. The minimum absolute atomic E-state index is 0.0594. The first-order valence-electron chi connectivity index (χ1n) is 7.25. The summed E-state index contributed by atoms with van der Waals surface area (Å²) < 4.78 is 0. The van der Waals surface area contributed by atoms with Crippen molar-refractivity contribution in [3.8, 4) is 0 Å². The van der Waals surface area contributed by atoms with Gasteiger partial charge in [-0.05, 0) is 37.2 Å². The molecule has 0 saturated carbocycles. The van der Waals surface area contributed by atoms with E-state index < -0.39 is 0 Å². The number of benzene rings is 1. The Kier molecular flexibility index (Phi) is 3.98. The molecule has 1 aromatic carbocycles. The summed E-state index contributed by atoms with van der Waals surface area (Å²) in [6.45, 7) is 8.88. The molecule has 1 unspecified atom stereocenters. The van der Waals surface area contributed by atoms with Gasteiger partial charge in [-0.1, -0.05) is 56.3 Å². The van der Waals surface area contributed by atoms with E-state index >= 15 is 0 Å². The first-order chi connectivity index (χ1) is 8.97. The third-order valence-corrected chi connectivity index (χ3v) is 4.38. The van der Waals surface area contributed by atoms with Gasteiger partial charge in [0.15, 0.2) is 0 Å². The Balaban J connectivity index is 2.02. The SMILES string of the molecule is CCC1(CCC(C)(C)c2ccccc2)CC(C)=NO1. The van der Waals surface area contributed by atoms with Crippen LogP contribution in [0.1, 0.15) is 58.9 Å². The van der Waals surface area contributed by atoms with Crippen molar-refractivity contribution in [3.63, 3.8) is 0 Å². The van der Waals surface area contributed by atoms with Gasteiger partial charge < -0.3 is 4.84 Å². The van der Waals surface area contributed by atoms with Crippen molar-refractivity contribution >= 4 is 5.71 Å². The van der Waals surface area contributed by atoms with Gasteiger partial charge in [0.25, 0.3) is 0 Å². The van der Waals surface area contributed by atoms with Crippen LogP contribution < -0.4 is 0 Å². The van der Waals surface area contributed by atoms with E-state index in [2.05, 4.69) is 63.2 Å². The Morgan fingerprint density at radius 1 is 1.26 bits per heavy atom. The van der Waals surface area contributed by atoms with Crippen molar-refractivity contribution in [1.29, 1.82) is 0 Å². The lowest BCUT2D eigenvalue weighted by molar-refractivity contribution is -0.0325. The zero-order chi connectivity index (χ0) is 13.9. The highest BCUT2D eigenvalue weighted by molar-refractivity contribution is 5.83. The van der Waals surface area contributed by atoms with Gasteiger partial charge in [-0.3, -0.25) is 0 Å². The van der Waals surface area contributed by atoms with Gasteiger partial charge in [-0.15, -0.1) is 0 Å². The molecule has 1 atom stereocenters. The maximum atomic E-state index is 5.72. The summed E-state index contributed by atoms with van der Waals surface area (Å²) in [5.74, 6) is 0. The van der Waals surface area contributed by atoms with Gasteiger partial charge in [0.1, 0.15) is 5.60 Å². The number of nitrogens with zero attached hydrogens (tertiary/aromatic N) is 1. The van der Waals surface area contributed by atoms with E-state index in [0.717, 1.165) is 31.4 Å². The molecule has 104 valence electrons. The predicted octanol–water partition coefficient (Wildman–Crippen LogP) is 4.69. The van der Waals surface area contributed by atoms with Crippen LogP contribution in [0, 0.1) is 0 Å². The van der Waals surface area contributed by atoms with Crippen LogP contribution in [0.5, 0.6) is 0 Å². The topological polar surface area (TPSA) is 21.6 Å². The molecule has 0 bridgehead atoms. The summed E-state index contributed by atoms with van der Waals surface area (Å²) in [4.78, 5) is 5.72. The number of rotatable bonds is 5. The van der Waals surface area contributed by atoms with Gasteiger partial charge in [0.05, 0.1) is 5.71 Å². The second-order valence-corrected chi connectivity index (χ2v) is 6.38. The summed E-state index contributed by atoms with van der Waals surface area (Å²) in [5.41, 5.74) is 2.65. The lowest BCUT2D eigenvalue weighted by Crippen LogP contribution is -2.31. The van der Waals surface area contributed by atoms with Crippen molar-refractivity contribution in [2.75, 3.05) is 0 Å². The second kappa shape index (κ2) is 5.36. The van der Waals surface area contributed by atoms with E-state index in [1.165, 1.54) is 5.56 Å². The summed E-state index contributed by atoms with van der Waals surface area (Å²) in [5, 5.41) is 4.15. The minimum atomic E-state index is -0.0594. The van der Waals surface area contributed by atoms with E-state index in [9.17, 15) is 0 Å². The quantitative estimate of drug-likeness (QED) is 0.751. The van der Waals surface area contributed by atoms with Gasteiger partial charge in [-0.2, -0.15) is 0 Å². The average molecular weight is 259 g/mol. The van der Waals surface area contributed by atoms with E-state index in [0.29, 0.717) is 0 Å². The molecule has 2 heteroatoms. The molecule has 0 aromatic heterocycles. The Morgan fingerprint density at radius 3 is 2.47 bits per heavy atom. The fourth-order valence-corrected chi connectivity index (χ4v) is 2.78. The zero-order valence-corrected chi connectivity index (χ0v) is 12.6. The zero-order valence-electron chi connectivity index (χ0n) is 12.6. The lowest BCUT2D eigenvalue weighted by atomic mass is 9.76. The highest BCUT2D eigenvalue weighted by Crippen LogP contribution is 2.37. The maximum Gasteiger partial charge on any atom is 0.142 e. The lowest BCUT2D eigenvalue weighted by Gasteiger charge is -2.31. The normalized spacial score (nSPS) is 23.1. The molecule has 19 heavy (non-hydrogen) atoms. The number of hydrogen-bond donors (Lipinski definition) is 0. The molecule has 0 saturated heterocycles. The van der Waals surface area contributed by atoms with Crippen LogP contribution in [0.2, 0.25) is 0 Å². The summed E-state index contributed by atoms with van der Waals surface area (Å²) in [7, 11) is 0. The van der Waals surface area contributed by atoms with Gasteiger partial charge in [0.2, 0.25) is 0 Å². The number of oxime groups is 1. The van der Waals surface area contributed by atoms with Crippen LogP contribution in [-0.2, 0) is 10.3 Å². The monoisotopic (exact) mass is 259 g/mol. The van der Waals surface area contributed by atoms with Crippen molar-refractivity contribution in [2.24, 2.45) is 5.16 Å². The highest BCUT2D eigenvalue weighted by Gasteiger charge is 2.37. The molecule has 1 heterocycles. The first kappa shape index (κ1) is 14.1. The molecule has 0 spiro atoms. The largest absolute Gasteiger partial charge is 0.389 e. The van der Waals surface area contributed by atoms with Crippen molar-refractivity contribution in [1.82, 2.24) is 0 Å². The fourth-order valence-electron chi connectivity index (χ4n) is 2.78. The van der Waals surface area contributed by atoms with Crippen molar-refractivity contribution in [3.05, 3.63) is 35.9 Å². The van der Waals surface area contributed by atoms with Crippen LogP contribution in [-0.4, -0.2) is 11.3 Å². The summed E-state index contributed by atoms with van der Waals surface area (Å²) in [6, 6.07) is 10.7. The van der Waals surface area contributed by atoms with Crippen LogP contribution in [0.4, 0.5) is 0 Å². The standard InChI is InChI=1S/C17H25NO/c1-5-17(13-14(2)18-19-17)12-11-16(3,4)15-9-7-6-8-10-15/h6-10H,5,11-13H2,1-4H3. The molecule has 0 amide bonds. The van der Waals surface area contributed by atoms with Crippen LogP contribution in [0.15, 0.2) is 35.5 Å². The summed E-state index contributed by atoms with van der Waals surface area (Å²) >= 11 is 0. The van der Waals surface area contributed by atoms with E-state index in [4.69, 9.17) is 4.84 Å². The molecule has 0 fully saturated rings. The highest BCUT2D eigenvalue weighted by atomic mass is 16.7. The van der Waals surface area contributed by atoms with Crippen molar-refractivity contribution in [2.45, 2.75) is 64.4 Å². The number of hydrogen-bond acceptors (Lipinski definition) is 2. The third-order valence-electron chi connectivity index (χ3n) is 4.38. The molecular weight excluding hydrogens is 234 g/mol. The fraction of sp³-hybridized carbons (Fsp3) is 0.588. The van der Waals surface area contributed by atoms with E-state index in [1.807, 2.05) is 0 Å². The Morgan fingerprint density at radius 2 is 1.95 bits per heavy atom. The smallest absolute Gasteiger partial charge is 0.142 e. The van der Waals surface area contributed by atoms with Gasteiger partial charge >= 0.3 is 0 Å². The Labute approximate surface area is 116 Å².